The van der Waals surface area contributed by atoms with Gasteiger partial charge in [0.05, 0.1) is 42.9 Å². The Kier molecular flexibility index (Phi) is 6.72. The van der Waals surface area contributed by atoms with Crippen molar-refractivity contribution < 1.29 is 23.9 Å². The van der Waals surface area contributed by atoms with E-state index in [1.54, 1.807) is 71.5 Å². The van der Waals surface area contributed by atoms with Gasteiger partial charge in [-0.05, 0) is 43.3 Å². The fourth-order valence-electron chi connectivity index (χ4n) is 3.67. The molecule has 0 saturated carbocycles. The quantitative estimate of drug-likeness (QED) is 0.421. The molecule has 178 valence electrons. The first-order valence-corrected chi connectivity index (χ1v) is 10.7. The highest BCUT2D eigenvalue weighted by molar-refractivity contribution is 6.09. The SMILES string of the molecule is CCN(C(=O)c1ccc2ncc(-c3ccc(NC(=O)OC)nc3)n2c1)c1ccccc1C(=O)OC. The number of nitrogens with zero attached hydrogens (tertiary/aromatic N) is 4. The highest BCUT2D eigenvalue weighted by Gasteiger charge is 2.22. The fourth-order valence-corrected chi connectivity index (χ4v) is 3.67. The zero-order valence-electron chi connectivity index (χ0n) is 19.4. The number of rotatable bonds is 6. The molecule has 0 atom stereocenters. The molecule has 10 heteroatoms. The van der Waals surface area contributed by atoms with E-state index in [2.05, 4.69) is 20.0 Å². The molecule has 0 fully saturated rings. The van der Waals surface area contributed by atoms with Crippen LogP contribution in [0.3, 0.4) is 0 Å². The van der Waals surface area contributed by atoms with Crippen LogP contribution in [0.15, 0.2) is 67.1 Å². The molecule has 10 nitrogen and oxygen atoms in total. The highest BCUT2D eigenvalue weighted by Crippen LogP contribution is 2.25. The molecule has 0 unspecified atom stereocenters. The molecule has 0 bridgehead atoms. The fraction of sp³-hybridized carbons (Fsp3) is 0.160. The summed E-state index contributed by atoms with van der Waals surface area (Å²) < 4.78 is 11.2. The molecule has 0 radical (unpaired) electrons. The Morgan fingerprint density at radius 2 is 1.77 bits per heavy atom. The minimum Gasteiger partial charge on any atom is -0.465 e. The number of pyridine rings is 2. The van der Waals surface area contributed by atoms with Crippen molar-refractivity contribution in [1.82, 2.24) is 14.4 Å². The highest BCUT2D eigenvalue weighted by atomic mass is 16.5. The third-order valence-electron chi connectivity index (χ3n) is 5.39. The van der Waals surface area contributed by atoms with Gasteiger partial charge in [0.2, 0.25) is 0 Å². The van der Waals surface area contributed by atoms with E-state index in [1.165, 1.54) is 19.1 Å². The first-order chi connectivity index (χ1) is 17.0. The summed E-state index contributed by atoms with van der Waals surface area (Å²) in [5.74, 6) is -0.453. The number of ether oxygens (including phenoxy) is 2. The van der Waals surface area contributed by atoms with E-state index in [4.69, 9.17) is 4.74 Å². The molecular weight excluding hydrogens is 450 g/mol. The van der Waals surface area contributed by atoms with Gasteiger partial charge in [-0.1, -0.05) is 12.1 Å². The van der Waals surface area contributed by atoms with E-state index in [1.807, 2.05) is 6.92 Å². The van der Waals surface area contributed by atoms with Gasteiger partial charge in [-0.3, -0.25) is 14.5 Å². The van der Waals surface area contributed by atoms with E-state index in [-0.39, 0.29) is 5.91 Å². The number of esters is 1. The zero-order chi connectivity index (χ0) is 24.9. The number of nitrogens with one attached hydrogen (secondary N) is 1. The minimum absolute atomic E-state index is 0.277. The molecular formula is C25H23N5O5. The average molecular weight is 473 g/mol. The summed E-state index contributed by atoms with van der Waals surface area (Å²) in [5.41, 5.74) is 3.28. The van der Waals surface area contributed by atoms with Crippen LogP contribution in [-0.2, 0) is 9.47 Å². The van der Waals surface area contributed by atoms with E-state index in [0.29, 0.717) is 40.5 Å². The van der Waals surface area contributed by atoms with E-state index < -0.39 is 12.1 Å². The molecule has 1 N–H and O–H groups in total. The number of methoxy groups -OCH3 is 2. The third kappa shape index (κ3) is 4.67. The predicted octanol–water partition coefficient (Wildman–Crippen LogP) is 4.03. The van der Waals surface area contributed by atoms with Crippen LogP contribution < -0.4 is 10.2 Å². The second kappa shape index (κ2) is 10.0. The monoisotopic (exact) mass is 473 g/mol. The number of imidazole rings is 1. The number of carbonyl (C=O) groups is 3. The summed E-state index contributed by atoms with van der Waals surface area (Å²) in [6.07, 6.45) is 4.36. The van der Waals surface area contributed by atoms with Crippen LogP contribution in [0.2, 0.25) is 0 Å². The summed E-state index contributed by atoms with van der Waals surface area (Å²) in [4.78, 5) is 47.3. The molecule has 0 saturated heterocycles. The lowest BCUT2D eigenvalue weighted by atomic mass is 10.1. The number of hydrogen-bond acceptors (Lipinski definition) is 7. The van der Waals surface area contributed by atoms with Crippen LogP contribution in [0.5, 0.6) is 0 Å². The first-order valence-electron chi connectivity index (χ1n) is 10.7. The Labute approximate surface area is 201 Å². The summed E-state index contributed by atoms with van der Waals surface area (Å²) in [5, 5.41) is 2.50. The summed E-state index contributed by atoms with van der Waals surface area (Å²) >= 11 is 0. The van der Waals surface area contributed by atoms with Crippen LogP contribution in [-0.4, -0.2) is 53.1 Å². The maximum absolute atomic E-state index is 13.5. The number of fused-ring (bicyclic) bond motifs is 1. The van der Waals surface area contributed by atoms with Crippen LogP contribution in [0.1, 0.15) is 27.6 Å². The lowest BCUT2D eigenvalue weighted by molar-refractivity contribution is 0.0601. The van der Waals surface area contributed by atoms with Crippen molar-refractivity contribution in [2.45, 2.75) is 6.92 Å². The number of benzene rings is 1. The van der Waals surface area contributed by atoms with Gasteiger partial charge in [-0.15, -0.1) is 0 Å². The Bertz CT molecular complexity index is 1400. The Hall–Kier alpha value is -4.73. The van der Waals surface area contributed by atoms with Gasteiger partial charge < -0.3 is 14.4 Å². The molecule has 0 aliphatic carbocycles. The molecule has 1 aromatic carbocycles. The van der Waals surface area contributed by atoms with Crippen LogP contribution in [0, 0.1) is 0 Å². The average Bonchev–Trinajstić information content (AvgIpc) is 3.32. The molecule has 3 aromatic heterocycles. The predicted molar refractivity (Wildman–Crippen MR) is 130 cm³/mol. The summed E-state index contributed by atoms with van der Waals surface area (Å²) in [6, 6.07) is 13.7. The van der Waals surface area contributed by atoms with Crippen LogP contribution in [0.4, 0.5) is 16.3 Å². The molecule has 0 aliphatic rings. The van der Waals surface area contributed by atoms with Gasteiger partial charge >= 0.3 is 12.1 Å². The molecule has 0 aliphatic heterocycles. The second-order valence-corrected chi connectivity index (χ2v) is 7.40. The molecule has 4 rings (SSSR count). The van der Waals surface area contributed by atoms with Crippen LogP contribution in [0.25, 0.3) is 16.9 Å². The summed E-state index contributed by atoms with van der Waals surface area (Å²) in [7, 11) is 2.58. The molecule has 4 aromatic rings. The largest absolute Gasteiger partial charge is 0.465 e. The number of hydrogen-bond donors (Lipinski definition) is 1. The van der Waals surface area contributed by atoms with Crippen LogP contribution >= 0.6 is 0 Å². The topological polar surface area (TPSA) is 115 Å². The van der Waals surface area contributed by atoms with Crippen molar-refractivity contribution in [2.75, 3.05) is 31.0 Å². The lowest BCUT2D eigenvalue weighted by Gasteiger charge is -2.23. The number of carbonyl (C=O) groups excluding carboxylic acids is 3. The number of amides is 2. The Balaban J connectivity index is 1.69. The van der Waals surface area contributed by atoms with Crippen molar-refractivity contribution in [3.63, 3.8) is 0 Å². The number of aromatic nitrogens is 3. The number of anilines is 2. The zero-order valence-corrected chi connectivity index (χ0v) is 19.4. The van der Waals surface area contributed by atoms with Crippen molar-refractivity contribution in [1.29, 1.82) is 0 Å². The lowest BCUT2D eigenvalue weighted by Crippen LogP contribution is -2.32. The van der Waals surface area contributed by atoms with E-state index in [9.17, 15) is 14.4 Å². The smallest absolute Gasteiger partial charge is 0.412 e. The van der Waals surface area contributed by atoms with Gasteiger partial charge in [0, 0.05) is 24.5 Å². The van der Waals surface area contributed by atoms with Gasteiger partial charge in [0.15, 0.2) is 0 Å². The van der Waals surface area contributed by atoms with Crippen molar-refractivity contribution in [3.05, 3.63) is 78.2 Å². The van der Waals surface area contributed by atoms with Crippen molar-refractivity contribution in [3.8, 4) is 11.3 Å². The Morgan fingerprint density at radius 1 is 0.971 bits per heavy atom. The first kappa shape index (κ1) is 23.4. The van der Waals surface area contributed by atoms with Crippen molar-refractivity contribution in [2.24, 2.45) is 0 Å². The van der Waals surface area contributed by atoms with E-state index >= 15 is 0 Å². The van der Waals surface area contributed by atoms with E-state index in [0.717, 1.165) is 5.56 Å². The maximum atomic E-state index is 13.5. The standard InChI is InChI=1S/C25H23N5O5/c1-4-29(19-8-6-5-7-18(19)24(32)34-2)23(31)17-10-12-22-27-14-20(30(22)15-17)16-9-11-21(26-13-16)28-25(33)35-3/h5-15H,4H2,1-3H3,(H,26,28,33). The minimum atomic E-state index is -0.613. The van der Waals surface area contributed by atoms with Gasteiger partial charge in [0.1, 0.15) is 11.5 Å². The maximum Gasteiger partial charge on any atom is 0.412 e. The summed E-state index contributed by atoms with van der Waals surface area (Å²) in [6.45, 7) is 2.18. The Morgan fingerprint density at radius 3 is 2.46 bits per heavy atom. The molecule has 35 heavy (non-hydrogen) atoms. The normalized spacial score (nSPS) is 10.6. The van der Waals surface area contributed by atoms with Crippen molar-refractivity contribution >= 4 is 35.1 Å². The molecule has 0 spiro atoms. The second-order valence-electron chi connectivity index (χ2n) is 7.40. The van der Waals surface area contributed by atoms with Gasteiger partial charge in [0.25, 0.3) is 5.91 Å². The van der Waals surface area contributed by atoms with Gasteiger partial charge in [-0.25, -0.2) is 19.6 Å². The number of para-hydroxylation sites is 1. The molecule has 2 amide bonds. The van der Waals surface area contributed by atoms with Gasteiger partial charge in [-0.2, -0.15) is 0 Å². The third-order valence-corrected chi connectivity index (χ3v) is 5.39. The molecule has 3 heterocycles.